The lowest BCUT2D eigenvalue weighted by Gasteiger charge is -2.15. The van der Waals surface area contributed by atoms with Gasteiger partial charge in [0.1, 0.15) is 0 Å². The van der Waals surface area contributed by atoms with Gasteiger partial charge in [0.2, 0.25) is 10.0 Å². The number of guanidine groups is 1. The predicted molar refractivity (Wildman–Crippen MR) is 119 cm³/mol. The second-order valence-corrected chi connectivity index (χ2v) is 9.12. The van der Waals surface area contributed by atoms with Gasteiger partial charge in [-0.1, -0.05) is 19.1 Å². The second kappa shape index (κ2) is 11.9. The van der Waals surface area contributed by atoms with Gasteiger partial charge in [0, 0.05) is 26.7 Å². The minimum absolute atomic E-state index is 0.232. The molecule has 3 N–H and O–H groups in total. The third-order valence-electron chi connectivity index (χ3n) is 4.28. The molecule has 1 atom stereocenters. The van der Waals surface area contributed by atoms with Crippen LogP contribution in [0.3, 0.4) is 0 Å². The fourth-order valence-electron chi connectivity index (χ4n) is 2.57. The van der Waals surface area contributed by atoms with Gasteiger partial charge in [-0.25, -0.2) is 18.1 Å². The Morgan fingerprint density at radius 3 is 2.59 bits per heavy atom. The van der Waals surface area contributed by atoms with Crippen molar-refractivity contribution in [2.75, 3.05) is 33.4 Å². The average molecular weight is 439 g/mol. The number of hydrogen-bond acceptors (Lipinski definition) is 5. The third-order valence-corrected chi connectivity index (χ3v) is 6.46. The molecule has 0 aliphatic carbocycles. The van der Waals surface area contributed by atoms with Crippen molar-refractivity contribution >= 4 is 27.3 Å². The van der Waals surface area contributed by atoms with Gasteiger partial charge in [0.25, 0.3) is 0 Å². The normalized spacial score (nSPS) is 13.3. The first-order valence-electron chi connectivity index (χ1n) is 9.58. The molecule has 1 aromatic heterocycles. The molecule has 1 unspecified atom stereocenters. The standard InChI is InChI=1S/C20H30N4O3S2/c1-4-21-20(22-13-16(2)18-9-12-28-15-18)23-14-17-5-7-19(8-6-17)29(25,26)24-10-11-27-3/h5-9,12,15-16,24H,4,10-11,13-14H2,1-3H3,(H2,21,22,23). The molecule has 1 aromatic carbocycles. The molecule has 7 nitrogen and oxygen atoms in total. The molecule has 1 heterocycles. The van der Waals surface area contributed by atoms with E-state index in [1.807, 2.05) is 6.92 Å². The van der Waals surface area contributed by atoms with Gasteiger partial charge in [0.05, 0.1) is 18.0 Å². The zero-order valence-corrected chi connectivity index (χ0v) is 18.8. The molecule has 0 fully saturated rings. The maximum absolute atomic E-state index is 12.2. The second-order valence-electron chi connectivity index (χ2n) is 6.57. The van der Waals surface area contributed by atoms with Gasteiger partial charge in [0.15, 0.2) is 5.96 Å². The zero-order valence-electron chi connectivity index (χ0n) is 17.1. The Bertz CT molecular complexity index is 850. The van der Waals surface area contributed by atoms with Crippen LogP contribution in [0.15, 0.2) is 51.0 Å². The Labute approximate surface area is 177 Å². The van der Waals surface area contributed by atoms with Crippen LogP contribution in [-0.2, 0) is 21.3 Å². The molecule has 0 aliphatic rings. The van der Waals surface area contributed by atoms with Crippen LogP contribution in [0.1, 0.15) is 30.9 Å². The molecule has 2 rings (SSSR count). The van der Waals surface area contributed by atoms with Crippen molar-refractivity contribution in [2.45, 2.75) is 31.2 Å². The van der Waals surface area contributed by atoms with Crippen molar-refractivity contribution in [2.24, 2.45) is 4.99 Å². The lowest BCUT2D eigenvalue weighted by Crippen LogP contribution is -2.39. The number of ether oxygens (including phenoxy) is 1. The molecule has 0 saturated heterocycles. The Hall–Kier alpha value is -1.94. The molecular formula is C20H30N4O3S2. The van der Waals surface area contributed by atoms with Crippen LogP contribution in [0, 0.1) is 0 Å². The number of nitrogens with zero attached hydrogens (tertiary/aromatic N) is 1. The van der Waals surface area contributed by atoms with Gasteiger partial charge in [-0.2, -0.15) is 11.3 Å². The van der Waals surface area contributed by atoms with Gasteiger partial charge in [-0.15, -0.1) is 0 Å². The lowest BCUT2D eigenvalue weighted by atomic mass is 10.1. The monoisotopic (exact) mass is 438 g/mol. The van der Waals surface area contributed by atoms with Gasteiger partial charge in [-0.05, 0) is 52.9 Å². The zero-order chi connectivity index (χ0) is 21.1. The number of rotatable bonds is 11. The van der Waals surface area contributed by atoms with E-state index in [9.17, 15) is 8.42 Å². The molecule has 160 valence electrons. The number of methoxy groups -OCH3 is 1. The quantitative estimate of drug-likeness (QED) is 0.285. The molecule has 0 aliphatic heterocycles. The number of benzene rings is 1. The van der Waals surface area contributed by atoms with E-state index >= 15 is 0 Å². The van der Waals surface area contributed by atoms with E-state index < -0.39 is 10.0 Å². The summed E-state index contributed by atoms with van der Waals surface area (Å²) >= 11 is 1.70. The van der Waals surface area contributed by atoms with Crippen LogP contribution in [0.25, 0.3) is 0 Å². The summed E-state index contributed by atoms with van der Waals surface area (Å²) in [5.41, 5.74) is 2.25. The first kappa shape index (κ1) is 23.3. The maximum atomic E-state index is 12.2. The summed E-state index contributed by atoms with van der Waals surface area (Å²) in [7, 11) is -1.99. The molecule has 9 heteroatoms. The highest BCUT2D eigenvalue weighted by atomic mass is 32.2. The minimum Gasteiger partial charge on any atom is -0.383 e. The summed E-state index contributed by atoms with van der Waals surface area (Å²) < 4.78 is 31.8. The third kappa shape index (κ3) is 7.77. The first-order valence-corrected chi connectivity index (χ1v) is 12.0. The molecule has 0 bridgehead atoms. The van der Waals surface area contributed by atoms with E-state index in [4.69, 9.17) is 4.74 Å². The largest absolute Gasteiger partial charge is 0.383 e. The fourth-order valence-corrected chi connectivity index (χ4v) is 4.37. The molecule has 0 radical (unpaired) electrons. The summed E-state index contributed by atoms with van der Waals surface area (Å²) in [5.74, 6) is 1.13. The highest BCUT2D eigenvalue weighted by molar-refractivity contribution is 7.89. The molecule has 0 amide bonds. The number of thiophene rings is 1. The van der Waals surface area contributed by atoms with Gasteiger partial charge < -0.3 is 15.4 Å². The number of hydrogen-bond donors (Lipinski definition) is 3. The number of nitrogens with one attached hydrogen (secondary N) is 3. The smallest absolute Gasteiger partial charge is 0.240 e. The van der Waals surface area contributed by atoms with E-state index in [0.717, 1.165) is 24.6 Å². The number of aliphatic imine (C=N–C) groups is 1. The highest BCUT2D eigenvalue weighted by Crippen LogP contribution is 2.17. The SMILES string of the molecule is CCNC(=NCc1ccc(S(=O)(=O)NCCOC)cc1)NCC(C)c1ccsc1. The van der Waals surface area contributed by atoms with Crippen molar-refractivity contribution in [3.05, 3.63) is 52.2 Å². The van der Waals surface area contributed by atoms with E-state index in [2.05, 4.69) is 44.1 Å². The molecule has 2 aromatic rings. The first-order chi connectivity index (χ1) is 14.0. The Kier molecular flexibility index (Phi) is 9.59. The van der Waals surface area contributed by atoms with Crippen molar-refractivity contribution in [3.8, 4) is 0 Å². The topological polar surface area (TPSA) is 91.8 Å². The molecule has 0 spiro atoms. The van der Waals surface area contributed by atoms with Crippen LogP contribution in [-0.4, -0.2) is 47.7 Å². The Balaban J connectivity index is 1.94. The van der Waals surface area contributed by atoms with Crippen molar-refractivity contribution in [1.82, 2.24) is 15.4 Å². The fraction of sp³-hybridized carbons (Fsp3) is 0.450. The molecule has 0 saturated carbocycles. The summed E-state index contributed by atoms with van der Waals surface area (Å²) in [6.45, 7) is 6.79. The van der Waals surface area contributed by atoms with Crippen LogP contribution in [0.4, 0.5) is 0 Å². The summed E-state index contributed by atoms with van der Waals surface area (Å²) in [6.07, 6.45) is 0. The maximum Gasteiger partial charge on any atom is 0.240 e. The summed E-state index contributed by atoms with van der Waals surface area (Å²) in [4.78, 5) is 4.84. The number of sulfonamides is 1. The summed E-state index contributed by atoms with van der Waals surface area (Å²) in [5, 5.41) is 10.9. The van der Waals surface area contributed by atoms with E-state index in [1.165, 1.54) is 12.7 Å². The van der Waals surface area contributed by atoms with Crippen LogP contribution in [0.5, 0.6) is 0 Å². The summed E-state index contributed by atoms with van der Waals surface area (Å²) in [6, 6.07) is 8.90. The van der Waals surface area contributed by atoms with Crippen LogP contribution < -0.4 is 15.4 Å². The average Bonchev–Trinajstić information content (AvgIpc) is 3.25. The van der Waals surface area contributed by atoms with Gasteiger partial charge >= 0.3 is 0 Å². The molecule has 29 heavy (non-hydrogen) atoms. The highest BCUT2D eigenvalue weighted by Gasteiger charge is 2.13. The van der Waals surface area contributed by atoms with Crippen LogP contribution in [0.2, 0.25) is 0 Å². The van der Waals surface area contributed by atoms with E-state index in [0.29, 0.717) is 19.1 Å². The minimum atomic E-state index is -3.52. The van der Waals surface area contributed by atoms with Crippen LogP contribution >= 0.6 is 11.3 Å². The van der Waals surface area contributed by atoms with E-state index in [1.54, 1.807) is 35.6 Å². The molecular weight excluding hydrogens is 408 g/mol. The van der Waals surface area contributed by atoms with E-state index in [-0.39, 0.29) is 11.4 Å². The van der Waals surface area contributed by atoms with Gasteiger partial charge in [-0.3, -0.25) is 0 Å². The Morgan fingerprint density at radius 2 is 1.97 bits per heavy atom. The Morgan fingerprint density at radius 1 is 1.21 bits per heavy atom. The van der Waals surface area contributed by atoms with Crippen molar-refractivity contribution in [3.63, 3.8) is 0 Å². The lowest BCUT2D eigenvalue weighted by molar-refractivity contribution is 0.204. The van der Waals surface area contributed by atoms with Crippen molar-refractivity contribution < 1.29 is 13.2 Å². The van der Waals surface area contributed by atoms with Crippen molar-refractivity contribution in [1.29, 1.82) is 0 Å². The predicted octanol–water partition coefficient (Wildman–Crippen LogP) is 2.53.